The summed E-state index contributed by atoms with van der Waals surface area (Å²) in [5.74, 6) is 0. The summed E-state index contributed by atoms with van der Waals surface area (Å²) in [4.78, 5) is 11.8. The molecule has 0 aliphatic carbocycles. The maximum absolute atomic E-state index is 12.1. The number of nitro groups is 1. The molecule has 0 N–H and O–H groups in total. The van der Waals surface area contributed by atoms with Crippen molar-refractivity contribution in [3.63, 3.8) is 0 Å². The molecule has 34 heavy (non-hydrogen) atoms. The number of rotatable bonds is 2. The molecule has 0 saturated carbocycles. The first-order valence-electron chi connectivity index (χ1n) is 11.1. The van der Waals surface area contributed by atoms with E-state index in [0.717, 1.165) is 59.8 Å². The average molecular weight is 439 g/mol. The van der Waals surface area contributed by atoms with Gasteiger partial charge in [0.25, 0.3) is 5.69 Å². The molecule has 4 heteroatoms. The lowest BCUT2D eigenvalue weighted by Gasteiger charge is -2.12. The van der Waals surface area contributed by atoms with Gasteiger partial charge in [-0.25, -0.2) is 0 Å². The third kappa shape index (κ3) is 2.54. The summed E-state index contributed by atoms with van der Waals surface area (Å²) in [6.45, 7) is 0. The van der Waals surface area contributed by atoms with Gasteiger partial charge in [0.05, 0.1) is 10.5 Å². The Hall–Kier alpha value is -4.70. The van der Waals surface area contributed by atoms with Crippen molar-refractivity contribution in [2.24, 2.45) is 0 Å². The second kappa shape index (κ2) is 6.90. The topological polar surface area (TPSA) is 56.3 Å². The van der Waals surface area contributed by atoms with Crippen LogP contribution in [-0.2, 0) is 0 Å². The zero-order chi connectivity index (χ0) is 22.8. The molecule has 0 aliphatic heterocycles. The zero-order valence-corrected chi connectivity index (χ0v) is 18.0. The fourth-order valence-corrected chi connectivity index (χ4v) is 5.23. The van der Waals surface area contributed by atoms with E-state index >= 15 is 0 Å². The van der Waals surface area contributed by atoms with Gasteiger partial charge in [-0.15, -0.1) is 0 Å². The van der Waals surface area contributed by atoms with Crippen molar-refractivity contribution in [1.82, 2.24) is 0 Å². The van der Waals surface area contributed by atoms with Crippen LogP contribution in [0.5, 0.6) is 0 Å². The normalized spacial score (nSPS) is 11.8. The van der Waals surface area contributed by atoms with Crippen molar-refractivity contribution in [3.05, 3.63) is 113 Å². The molecule has 0 atom stereocenters. The van der Waals surface area contributed by atoms with Crippen LogP contribution in [0.1, 0.15) is 0 Å². The molecule has 1 aromatic heterocycles. The first kappa shape index (κ1) is 18.8. The van der Waals surface area contributed by atoms with Gasteiger partial charge < -0.3 is 4.42 Å². The fraction of sp³-hybridized carbons (Fsp3) is 0. The minimum atomic E-state index is -0.290. The van der Waals surface area contributed by atoms with Crippen LogP contribution >= 0.6 is 0 Å². The number of hydrogen-bond donors (Lipinski definition) is 0. The van der Waals surface area contributed by atoms with E-state index in [9.17, 15) is 10.1 Å². The molecule has 1 heterocycles. The van der Waals surface area contributed by atoms with Crippen LogP contribution in [0.25, 0.3) is 65.4 Å². The number of benzene rings is 6. The molecule has 0 saturated heterocycles. The average Bonchev–Trinajstić information content (AvgIpc) is 3.27. The molecular weight excluding hydrogens is 422 g/mol. The molecule has 0 unspecified atom stereocenters. The van der Waals surface area contributed by atoms with Crippen LogP contribution in [0.2, 0.25) is 0 Å². The fourth-order valence-electron chi connectivity index (χ4n) is 5.23. The quantitative estimate of drug-likeness (QED) is 0.200. The second-order valence-corrected chi connectivity index (χ2v) is 8.55. The number of nitrogens with zero attached hydrogens (tertiary/aromatic N) is 1. The van der Waals surface area contributed by atoms with Gasteiger partial charge in [-0.3, -0.25) is 10.1 Å². The van der Waals surface area contributed by atoms with E-state index < -0.39 is 0 Å². The lowest BCUT2D eigenvalue weighted by Crippen LogP contribution is -1.94. The smallest absolute Gasteiger partial charge is 0.277 e. The molecule has 0 amide bonds. The molecule has 4 nitrogen and oxygen atoms in total. The predicted molar refractivity (Wildman–Crippen MR) is 138 cm³/mol. The SMILES string of the molecule is O=[N+]([O-])c1ccc2ccccc2c1-c1cc2c3ccc4ccccc4c3oc2c2ccccc12. The minimum absolute atomic E-state index is 0.0986. The number of furan rings is 1. The summed E-state index contributed by atoms with van der Waals surface area (Å²) in [5.41, 5.74) is 3.21. The molecular formula is C30H17NO3. The van der Waals surface area contributed by atoms with Crippen molar-refractivity contribution < 1.29 is 9.34 Å². The van der Waals surface area contributed by atoms with E-state index in [0.29, 0.717) is 5.56 Å². The van der Waals surface area contributed by atoms with Crippen LogP contribution in [-0.4, -0.2) is 4.92 Å². The van der Waals surface area contributed by atoms with E-state index in [1.807, 2.05) is 66.7 Å². The summed E-state index contributed by atoms with van der Waals surface area (Å²) in [6, 6.07) is 33.7. The van der Waals surface area contributed by atoms with Crippen LogP contribution in [0.3, 0.4) is 0 Å². The van der Waals surface area contributed by atoms with Crippen molar-refractivity contribution in [2.75, 3.05) is 0 Å². The molecule has 0 bridgehead atoms. The van der Waals surface area contributed by atoms with Gasteiger partial charge in [0.15, 0.2) is 0 Å². The monoisotopic (exact) mass is 439 g/mol. The number of fused-ring (bicyclic) bond motifs is 8. The van der Waals surface area contributed by atoms with Gasteiger partial charge >= 0.3 is 0 Å². The molecule has 0 spiro atoms. The van der Waals surface area contributed by atoms with E-state index in [4.69, 9.17) is 4.42 Å². The highest BCUT2D eigenvalue weighted by molar-refractivity contribution is 6.24. The van der Waals surface area contributed by atoms with E-state index in [1.54, 1.807) is 6.07 Å². The predicted octanol–water partition coefficient (Wildman–Crippen LogP) is 8.62. The van der Waals surface area contributed by atoms with Crippen LogP contribution < -0.4 is 0 Å². The number of nitro benzene ring substituents is 1. The lowest BCUT2D eigenvalue weighted by molar-refractivity contribution is -0.384. The molecule has 0 radical (unpaired) electrons. The Balaban J connectivity index is 1.71. The molecule has 160 valence electrons. The first-order chi connectivity index (χ1) is 16.7. The van der Waals surface area contributed by atoms with Crippen molar-refractivity contribution in [3.8, 4) is 11.1 Å². The van der Waals surface area contributed by atoms with Gasteiger partial charge in [-0.2, -0.15) is 0 Å². The summed E-state index contributed by atoms with van der Waals surface area (Å²) in [6.07, 6.45) is 0. The molecule has 7 rings (SSSR count). The van der Waals surface area contributed by atoms with Crippen LogP contribution in [0, 0.1) is 10.1 Å². The van der Waals surface area contributed by atoms with E-state index in [2.05, 4.69) is 30.3 Å². The van der Waals surface area contributed by atoms with Crippen molar-refractivity contribution in [1.29, 1.82) is 0 Å². The van der Waals surface area contributed by atoms with Gasteiger partial charge in [0, 0.05) is 27.6 Å². The van der Waals surface area contributed by atoms with E-state index in [-0.39, 0.29) is 10.6 Å². The van der Waals surface area contributed by atoms with Crippen molar-refractivity contribution in [2.45, 2.75) is 0 Å². The first-order valence-corrected chi connectivity index (χ1v) is 11.1. The molecule has 0 aliphatic rings. The van der Waals surface area contributed by atoms with E-state index in [1.165, 1.54) is 0 Å². The molecule has 6 aromatic carbocycles. The Bertz CT molecular complexity index is 1950. The minimum Gasteiger partial charge on any atom is -0.455 e. The Morgan fingerprint density at radius 3 is 1.88 bits per heavy atom. The highest BCUT2D eigenvalue weighted by atomic mass is 16.6. The van der Waals surface area contributed by atoms with Gasteiger partial charge in [-0.1, -0.05) is 78.9 Å². The van der Waals surface area contributed by atoms with Crippen molar-refractivity contribution >= 4 is 59.9 Å². The van der Waals surface area contributed by atoms with Gasteiger partial charge in [0.1, 0.15) is 11.2 Å². The highest BCUT2D eigenvalue weighted by Crippen LogP contribution is 2.45. The summed E-state index contributed by atoms with van der Waals surface area (Å²) in [5, 5.41) is 20.0. The zero-order valence-electron chi connectivity index (χ0n) is 18.0. The largest absolute Gasteiger partial charge is 0.455 e. The van der Waals surface area contributed by atoms with Crippen LogP contribution in [0.15, 0.2) is 108 Å². The van der Waals surface area contributed by atoms with Crippen LogP contribution in [0.4, 0.5) is 5.69 Å². The molecule has 7 aromatic rings. The number of hydrogen-bond acceptors (Lipinski definition) is 3. The Morgan fingerprint density at radius 1 is 0.559 bits per heavy atom. The third-order valence-corrected chi connectivity index (χ3v) is 6.74. The third-order valence-electron chi connectivity index (χ3n) is 6.74. The Morgan fingerprint density at radius 2 is 1.12 bits per heavy atom. The lowest BCUT2D eigenvalue weighted by atomic mass is 9.91. The van der Waals surface area contributed by atoms with Gasteiger partial charge in [-0.05, 0) is 45.3 Å². The summed E-state index contributed by atoms with van der Waals surface area (Å²) >= 11 is 0. The summed E-state index contributed by atoms with van der Waals surface area (Å²) in [7, 11) is 0. The second-order valence-electron chi connectivity index (χ2n) is 8.55. The standard InChI is InChI=1S/C30H17NO3/c32-31(33)27-16-14-18-7-1-3-9-20(18)28(27)25-17-26-24-15-13-19-8-2-4-10-21(19)29(24)34-30(26)23-12-6-5-11-22(23)25/h1-17H. The molecule has 0 fully saturated rings. The maximum Gasteiger partial charge on any atom is 0.277 e. The maximum atomic E-state index is 12.1. The summed E-state index contributed by atoms with van der Waals surface area (Å²) < 4.78 is 6.50. The Labute approximate surface area is 193 Å². The Kier molecular flexibility index (Phi) is 3.82. The highest BCUT2D eigenvalue weighted by Gasteiger charge is 2.23. The van der Waals surface area contributed by atoms with Gasteiger partial charge in [0.2, 0.25) is 0 Å².